The van der Waals surface area contributed by atoms with Gasteiger partial charge in [-0.25, -0.2) is 9.59 Å². The second kappa shape index (κ2) is 6.17. The van der Waals surface area contributed by atoms with E-state index >= 15 is 0 Å². The quantitative estimate of drug-likeness (QED) is 0.749. The van der Waals surface area contributed by atoms with E-state index in [1.165, 1.54) is 25.7 Å². The molecule has 0 aromatic rings. The van der Waals surface area contributed by atoms with Gasteiger partial charge in [0.1, 0.15) is 6.04 Å². The van der Waals surface area contributed by atoms with Crippen LogP contribution in [0.25, 0.3) is 0 Å². The largest absolute Gasteiger partial charge is 0.480 e. The fourth-order valence-corrected chi connectivity index (χ4v) is 3.61. The molecule has 0 aromatic heterocycles. The van der Waals surface area contributed by atoms with E-state index in [0.29, 0.717) is 12.5 Å². The number of rotatable bonds is 5. The first-order chi connectivity index (χ1) is 9.51. The molecule has 0 spiro atoms. The van der Waals surface area contributed by atoms with Gasteiger partial charge in [-0.1, -0.05) is 6.42 Å². The summed E-state index contributed by atoms with van der Waals surface area (Å²) in [6.07, 6.45) is 10.2. The second-order valence-corrected chi connectivity index (χ2v) is 6.06. The highest BCUT2D eigenvalue weighted by molar-refractivity contribution is 5.82. The summed E-state index contributed by atoms with van der Waals surface area (Å²) >= 11 is 0. The Kier molecular flexibility index (Phi) is 4.53. The zero-order valence-electron chi connectivity index (χ0n) is 11.8. The SMILES string of the molecule is C#CCC(NC(=O)N(C)CC1CC2CCC1C2)C(=O)O. The number of hydrogen-bond acceptors (Lipinski definition) is 2. The van der Waals surface area contributed by atoms with Gasteiger partial charge in [0.15, 0.2) is 0 Å². The number of urea groups is 1. The highest BCUT2D eigenvalue weighted by atomic mass is 16.4. The van der Waals surface area contributed by atoms with Gasteiger partial charge in [-0.2, -0.15) is 0 Å². The maximum Gasteiger partial charge on any atom is 0.327 e. The molecule has 0 heterocycles. The van der Waals surface area contributed by atoms with E-state index in [1.54, 1.807) is 11.9 Å². The average molecular weight is 278 g/mol. The lowest BCUT2D eigenvalue weighted by Crippen LogP contribution is -2.48. The van der Waals surface area contributed by atoms with Crippen LogP contribution in [0.4, 0.5) is 4.79 Å². The smallest absolute Gasteiger partial charge is 0.327 e. The van der Waals surface area contributed by atoms with E-state index in [2.05, 4.69) is 11.2 Å². The zero-order chi connectivity index (χ0) is 14.7. The minimum Gasteiger partial charge on any atom is -0.480 e. The molecule has 0 radical (unpaired) electrons. The summed E-state index contributed by atoms with van der Waals surface area (Å²) in [7, 11) is 1.72. The number of carboxylic acids is 1. The molecule has 20 heavy (non-hydrogen) atoms. The second-order valence-electron chi connectivity index (χ2n) is 6.06. The Morgan fingerprint density at radius 3 is 2.70 bits per heavy atom. The molecule has 2 rings (SSSR count). The predicted molar refractivity (Wildman–Crippen MR) is 75.0 cm³/mol. The predicted octanol–water partition coefficient (Wildman–Crippen LogP) is 1.54. The first-order valence-electron chi connectivity index (χ1n) is 7.19. The van der Waals surface area contributed by atoms with E-state index in [0.717, 1.165) is 11.8 Å². The Bertz CT molecular complexity index is 429. The standard InChI is InChI=1S/C15H22N2O3/c1-3-4-13(14(18)19)16-15(20)17(2)9-12-8-10-5-6-11(12)7-10/h1,10-13H,4-9H2,2H3,(H,16,20)(H,18,19). The fourth-order valence-electron chi connectivity index (χ4n) is 3.61. The van der Waals surface area contributed by atoms with Crippen molar-refractivity contribution in [3.8, 4) is 12.3 Å². The highest BCUT2D eigenvalue weighted by Crippen LogP contribution is 2.48. The lowest BCUT2D eigenvalue weighted by Gasteiger charge is -2.28. The molecule has 2 amide bonds. The molecule has 5 nitrogen and oxygen atoms in total. The summed E-state index contributed by atoms with van der Waals surface area (Å²) in [5.74, 6) is 3.34. The summed E-state index contributed by atoms with van der Waals surface area (Å²) in [6.45, 7) is 0.704. The molecule has 0 saturated heterocycles. The van der Waals surface area contributed by atoms with Gasteiger partial charge in [-0.15, -0.1) is 12.3 Å². The van der Waals surface area contributed by atoms with Crippen molar-refractivity contribution >= 4 is 12.0 Å². The van der Waals surface area contributed by atoms with Crippen LogP contribution in [0.3, 0.4) is 0 Å². The Hall–Kier alpha value is -1.70. The van der Waals surface area contributed by atoms with E-state index in [1.807, 2.05) is 0 Å². The summed E-state index contributed by atoms with van der Waals surface area (Å²) in [5, 5.41) is 11.5. The third-order valence-electron chi connectivity index (χ3n) is 4.66. The molecule has 110 valence electrons. The number of terminal acetylenes is 1. The third kappa shape index (κ3) is 3.24. The summed E-state index contributed by atoms with van der Waals surface area (Å²) in [5.41, 5.74) is 0. The Morgan fingerprint density at radius 1 is 1.45 bits per heavy atom. The molecule has 2 aliphatic rings. The minimum atomic E-state index is -1.09. The van der Waals surface area contributed by atoms with Crippen molar-refractivity contribution < 1.29 is 14.7 Å². The molecule has 0 aliphatic heterocycles. The van der Waals surface area contributed by atoms with Gasteiger partial charge in [0.05, 0.1) is 0 Å². The zero-order valence-corrected chi connectivity index (χ0v) is 11.8. The maximum absolute atomic E-state index is 12.0. The molecule has 2 aliphatic carbocycles. The number of nitrogens with one attached hydrogen (secondary N) is 1. The summed E-state index contributed by atoms with van der Waals surface area (Å²) in [6, 6.07) is -1.36. The van der Waals surface area contributed by atoms with Crippen molar-refractivity contribution in [1.29, 1.82) is 0 Å². The van der Waals surface area contributed by atoms with E-state index < -0.39 is 12.0 Å². The van der Waals surface area contributed by atoms with Crippen LogP contribution in [-0.2, 0) is 4.79 Å². The molecule has 4 atom stereocenters. The number of fused-ring (bicyclic) bond motifs is 2. The number of carbonyl (C=O) groups is 2. The average Bonchev–Trinajstić information content (AvgIpc) is 3.00. The van der Waals surface area contributed by atoms with Crippen LogP contribution in [0.1, 0.15) is 32.1 Å². The highest BCUT2D eigenvalue weighted by Gasteiger charge is 2.40. The topological polar surface area (TPSA) is 69.6 Å². The van der Waals surface area contributed by atoms with E-state index in [-0.39, 0.29) is 12.5 Å². The third-order valence-corrected chi connectivity index (χ3v) is 4.66. The maximum atomic E-state index is 12.0. The molecule has 4 unspecified atom stereocenters. The van der Waals surface area contributed by atoms with Crippen LogP contribution in [-0.4, -0.2) is 41.6 Å². The number of carbonyl (C=O) groups excluding carboxylic acids is 1. The Labute approximate surface area is 119 Å². The lowest BCUT2D eigenvalue weighted by molar-refractivity contribution is -0.139. The lowest BCUT2D eigenvalue weighted by atomic mass is 9.88. The minimum absolute atomic E-state index is 0.00302. The molecular weight excluding hydrogens is 256 g/mol. The van der Waals surface area contributed by atoms with Crippen LogP contribution >= 0.6 is 0 Å². The number of hydrogen-bond donors (Lipinski definition) is 2. The Balaban J connectivity index is 1.82. The number of carboxylic acid groups (broad SMARTS) is 1. The van der Waals surface area contributed by atoms with Gasteiger partial charge in [-0.05, 0) is 37.0 Å². The van der Waals surface area contributed by atoms with Crippen molar-refractivity contribution in [2.24, 2.45) is 17.8 Å². The van der Waals surface area contributed by atoms with Gasteiger partial charge in [0.2, 0.25) is 0 Å². The van der Waals surface area contributed by atoms with Crippen molar-refractivity contribution in [2.45, 2.75) is 38.1 Å². The van der Waals surface area contributed by atoms with Crippen LogP contribution in [0.15, 0.2) is 0 Å². The number of amides is 2. The summed E-state index contributed by atoms with van der Waals surface area (Å²) < 4.78 is 0. The normalized spacial score (nSPS) is 28.7. The van der Waals surface area contributed by atoms with Gasteiger partial charge >= 0.3 is 12.0 Å². The number of nitrogens with zero attached hydrogens (tertiary/aromatic N) is 1. The molecule has 0 aromatic carbocycles. The van der Waals surface area contributed by atoms with Gasteiger partial charge in [-0.3, -0.25) is 0 Å². The Morgan fingerprint density at radius 2 is 2.20 bits per heavy atom. The molecule has 2 saturated carbocycles. The molecule has 2 bridgehead atoms. The van der Waals surface area contributed by atoms with Crippen LogP contribution in [0.5, 0.6) is 0 Å². The van der Waals surface area contributed by atoms with Crippen molar-refractivity contribution in [2.75, 3.05) is 13.6 Å². The van der Waals surface area contributed by atoms with Crippen LogP contribution < -0.4 is 5.32 Å². The van der Waals surface area contributed by atoms with E-state index in [4.69, 9.17) is 11.5 Å². The van der Waals surface area contributed by atoms with Crippen molar-refractivity contribution in [3.05, 3.63) is 0 Å². The molecule has 2 fully saturated rings. The van der Waals surface area contributed by atoms with E-state index in [9.17, 15) is 9.59 Å². The van der Waals surface area contributed by atoms with Gasteiger partial charge in [0, 0.05) is 20.0 Å². The fraction of sp³-hybridized carbons (Fsp3) is 0.733. The van der Waals surface area contributed by atoms with Gasteiger partial charge < -0.3 is 15.3 Å². The molecule has 2 N–H and O–H groups in total. The first kappa shape index (κ1) is 14.7. The van der Waals surface area contributed by atoms with Crippen LogP contribution in [0, 0.1) is 30.1 Å². The molecule has 5 heteroatoms. The summed E-state index contributed by atoms with van der Waals surface area (Å²) in [4.78, 5) is 24.6. The number of aliphatic carboxylic acids is 1. The monoisotopic (exact) mass is 278 g/mol. The van der Waals surface area contributed by atoms with Crippen LogP contribution in [0.2, 0.25) is 0 Å². The van der Waals surface area contributed by atoms with Crippen molar-refractivity contribution in [3.63, 3.8) is 0 Å². The van der Waals surface area contributed by atoms with Crippen molar-refractivity contribution in [1.82, 2.24) is 10.2 Å². The molecular formula is C15H22N2O3. The van der Waals surface area contributed by atoms with Gasteiger partial charge in [0.25, 0.3) is 0 Å². The first-order valence-corrected chi connectivity index (χ1v) is 7.19.